The summed E-state index contributed by atoms with van der Waals surface area (Å²) in [5.74, 6) is 0.797. The summed E-state index contributed by atoms with van der Waals surface area (Å²) in [7, 11) is 0. The van der Waals surface area contributed by atoms with Crippen molar-refractivity contribution in [3.63, 3.8) is 0 Å². The molecule has 306 valence electrons. The maximum Gasteiger partial charge on any atom is 0.259 e. The summed E-state index contributed by atoms with van der Waals surface area (Å²) >= 11 is 0. The second-order valence-electron chi connectivity index (χ2n) is 13.5. The van der Waals surface area contributed by atoms with Crippen LogP contribution >= 0.6 is 0 Å². The minimum Gasteiger partial charge on any atom is -0.324 e. The smallest absolute Gasteiger partial charge is 0.259 e. The van der Waals surface area contributed by atoms with Gasteiger partial charge in [0.05, 0.1) is 35.7 Å². The predicted molar refractivity (Wildman–Crippen MR) is 208 cm³/mol. The molecule has 0 amide bonds. The van der Waals surface area contributed by atoms with Gasteiger partial charge < -0.3 is 15.0 Å². The van der Waals surface area contributed by atoms with E-state index in [-0.39, 0.29) is 52.0 Å². The summed E-state index contributed by atoms with van der Waals surface area (Å²) in [6, 6.07) is 6.19. The lowest BCUT2D eigenvalue weighted by Crippen LogP contribution is -2.14. The number of nitrogens with one attached hydrogen (secondary N) is 3. The van der Waals surface area contributed by atoms with E-state index in [0.717, 1.165) is 14.0 Å². The average Bonchev–Trinajstić information content (AvgIpc) is 4.14. The molecule has 0 aliphatic heterocycles. The van der Waals surface area contributed by atoms with E-state index in [1.54, 1.807) is 41.5 Å². The largest absolute Gasteiger partial charge is 0.324 e. The van der Waals surface area contributed by atoms with E-state index in [9.17, 15) is 15.8 Å². The SMILES string of the molecule is Cc1nn2nc(C)c(/N=N/c3c(C#N)cnn3-c3nc(-n4ncc(C#N)c4/N=N/c4c(C)nn5nc(C)[nH]c45)nc(-n4ncc(C#N)c4/N=N/c4c(C)nn5nc(C)[nH]c45)n3)c2[nH]1. The molecule has 0 aromatic carbocycles. The number of aromatic nitrogens is 21. The number of hydrogen-bond donors (Lipinski definition) is 3. The molecule has 3 N–H and O–H groups in total. The van der Waals surface area contributed by atoms with E-state index >= 15 is 0 Å². The lowest BCUT2D eigenvalue weighted by molar-refractivity contribution is 0.706. The summed E-state index contributed by atoms with van der Waals surface area (Å²) in [5.41, 5.74) is 3.94. The van der Waals surface area contributed by atoms with Crippen molar-refractivity contribution in [2.24, 2.45) is 30.7 Å². The molecule has 0 saturated carbocycles. The van der Waals surface area contributed by atoms with Crippen LogP contribution in [-0.2, 0) is 0 Å². The van der Waals surface area contributed by atoms with Gasteiger partial charge in [-0.1, -0.05) is 0 Å². The number of fused-ring (bicyclic) bond motifs is 3. The fourth-order valence-electron chi connectivity index (χ4n) is 6.35. The first kappa shape index (κ1) is 37.2. The maximum atomic E-state index is 10.2. The van der Waals surface area contributed by atoms with Crippen LogP contribution in [0.1, 0.15) is 51.2 Å². The summed E-state index contributed by atoms with van der Waals surface area (Å²) in [6.07, 6.45) is 3.75. The molecular formula is C33H24N30. The van der Waals surface area contributed by atoms with Crippen molar-refractivity contribution in [1.29, 1.82) is 15.8 Å². The summed E-state index contributed by atoms with van der Waals surface area (Å²) in [5, 5.41) is 96.1. The van der Waals surface area contributed by atoms with Gasteiger partial charge in [-0.15, -0.1) is 59.9 Å². The normalized spacial score (nSPS) is 12.0. The van der Waals surface area contributed by atoms with Crippen LogP contribution in [0.5, 0.6) is 0 Å². The van der Waals surface area contributed by atoms with E-state index in [1.807, 2.05) is 0 Å². The van der Waals surface area contributed by atoms with Crippen LogP contribution in [0.15, 0.2) is 49.3 Å². The van der Waals surface area contributed by atoms with Crippen molar-refractivity contribution in [2.75, 3.05) is 0 Å². The molecule has 0 saturated heterocycles. The van der Waals surface area contributed by atoms with E-state index in [1.165, 1.54) is 32.5 Å². The molecule has 0 fully saturated rings. The van der Waals surface area contributed by atoms with Crippen molar-refractivity contribution in [1.82, 2.24) is 104 Å². The quantitative estimate of drug-likeness (QED) is 0.171. The summed E-state index contributed by atoms with van der Waals surface area (Å²) in [4.78, 5) is 23.2. The third kappa shape index (κ3) is 6.08. The highest BCUT2D eigenvalue weighted by Crippen LogP contribution is 2.33. The Morgan fingerprint density at radius 3 is 0.984 bits per heavy atom. The predicted octanol–water partition coefficient (Wildman–Crippen LogP) is 4.25. The summed E-state index contributed by atoms with van der Waals surface area (Å²) in [6.45, 7) is 10.5. The van der Waals surface area contributed by atoms with Gasteiger partial charge in [-0.2, -0.15) is 75.4 Å². The molecule has 0 atom stereocenters. The third-order valence-electron chi connectivity index (χ3n) is 9.16. The van der Waals surface area contributed by atoms with E-state index in [2.05, 4.69) is 125 Å². The van der Waals surface area contributed by atoms with Crippen LogP contribution in [0.25, 0.3) is 34.8 Å². The molecule has 10 heterocycles. The average molecular weight is 841 g/mol. The van der Waals surface area contributed by atoms with Crippen molar-refractivity contribution in [3.8, 4) is 36.1 Å². The molecule has 10 aromatic rings. The topological polar surface area (TPSA) is 376 Å². The van der Waals surface area contributed by atoms with Crippen LogP contribution in [0.4, 0.5) is 34.5 Å². The Bertz CT molecular complexity index is 3300. The van der Waals surface area contributed by atoms with Gasteiger partial charge in [0.15, 0.2) is 51.5 Å². The highest BCUT2D eigenvalue weighted by molar-refractivity contribution is 5.68. The first-order valence-corrected chi connectivity index (χ1v) is 18.2. The van der Waals surface area contributed by atoms with E-state index < -0.39 is 0 Å². The molecule has 30 heteroatoms. The van der Waals surface area contributed by atoms with Crippen LogP contribution in [0, 0.1) is 75.5 Å². The Hall–Kier alpha value is -10.0. The highest BCUT2D eigenvalue weighted by Gasteiger charge is 2.25. The lowest BCUT2D eigenvalue weighted by Gasteiger charge is -2.09. The maximum absolute atomic E-state index is 10.2. The highest BCUT2D eigenvalue weighted by atomic mass is 15.5. The van der Waals surface area contributed by atoms with Gasteiger partial charge in [0.2, 0.25) is 0 Å². The molecule has 0 spiro atoms. The van der Waals surface area contributed by atoms with Crippen molar-refractivity contribution >= 4 is 51.5 Å². The van der Waals surface area contributed by atoms with Gasteiger partial charge in [-0.3, -0.25) is 0 Å². The Balaban J connectivity index is 1.16. The monoisotopic (exact) mass is 840 g/mol. The Kier molecular flexibility index (Phi) is 8.31. The molecule has 0 aliphatic rings. The molecule has 0 aliphatic carbocycles. The summed E-state index contributed by atoms with van der Waals surface area (Å²) < 4.78 is 7.56. The number of rotatable bonds is 9. The Morgan fingerprint density at radius 1 is 0.429 bits per heavy atom. The second-order valence-corrected chi connectivity index (χ2v) is 13.5. The number of azo groups is 3. The number of aromatic amines is 3. The van der Waals surface area contributed by atoms with Crippen LogP contribution in [0.2, 0.25) is 0 Å². The van der Waals surface area contributed by atoms with Crippen molar-refractivity contribution in [3.05, 3.63) is 69.8 Å². The van der Waals surface area contributed by atoms with Gasteiger partial charge in [-0.05, 0) is 41.5 Å². The molecule has 0 bridgehead atoms. The van der Waals surface area contributed by atoms with Crippen LogP contribution in [-0.4, -0.2) is 104 Å². The van der Waals surface area contributed by atoms with E-state index in [4.69, 9.17) is 0 Å². The molecule has 0 radical (unpaired) electrons. The Labute approximate surface area is 348 Å². The fraction of sp³-hybridized carbons (Fsp3) is 0.182. The zero-order valence-electron chi connectivity index (χ0n) is 33.3. The minimum absolute atomic E-state index is 0.00128. The minimum atomic E-state index is -0.238. The molecule has 10 rings (SSSR count). The van der Waals surface area contributed by atoms with Crippen molar-refractivity contribution in [2.45, 2.75) is 41.5 Å². The molecule has 0 unspecified atom stereocenters. The van der Waals surface area contributed by atoms with Crippen LogP contribution < -0.4 is 0 Å². The molecular weight excluding hydrogens is 817 g/mol. The van der Waals surface area contributed by atoms with Gasteiger partial charge in [-0.25, -0.2) is 0 Å². The van der Waals surface area contributed by atoms with Gasteiger partial charge in [0.1, 0.15) is 52.4 Å². The zero-order chi connectivity index (χ0) is 43.7. The standard InChI is InChI=1S/C33H24N30/c1-13-22(28-40-16(4)55-61(28)52-13)46-49-25-19(7-34)10-37-58(25)31-43-32(59-26(20(8-35)11-38-59)50-47-23-14(2)53-62-29(23)41-17(5)56-62)45-33(44-31)60-27(21(9-36)12-39-60)51-48-24-15(3)54-63-30(24)42-18(6)57-63/h10-12H,1-6H3,(H,40,55)(H,41,56)(H,42,57)/b49-46+,50-47+,51-48+. The molecule has 30 nitrogen and oxygen atoms in total. The van der Waals surface area contributed by atoms with E-state index in [0.29, 0.717) is 68.6 Å². The van der Waals surface area contributed by atoms with Crippen molar-refractivity contribution < 1.29 is 0 Å². The van der Waals surface area contributed by atoms with Gasteiger partial charge in [0, 0.05) is 0 Å². The van der Waals surface area contributed by atoms with Gasteiger partial charge >= 0.3 is 0 Å². The Morgan fingerprint density at radius 2 is 0.714 bits per heavy atom. The fourth-order valence-corrected chi connectivity index (χ4v) is 6.35. The zero-order valence-corrected chi connectivity index (χ0v) is 33.3. The number of nitriles is 3. The first-order chi connectivity index (χ1) is 30.5. The first-order valence-electron chi connectivity index (χ1n) is 18.2. The molecule has 63 heavy (non-hydrogen) atoms. The van der Waals surface area contributed by atoms with Gasteiger partial charge in [0.25, 0.3) is 17.8 Å². The molecule has 10 aromatic heterocycles. The third-order valence-corrected chi connectivity index (χ3v) is 9.16. The lowest BCUT2D eigenvalue weighted by atomic mass is 10.4. The number of aryl methyl sites for hydroxylation is 6. The number of H-pyrrole nitrogens is 3. The van der Waals surface area contributed by atoms with Crippen LogP contribution in [0.3, 0.4) is 0 Å². The second kappa shape index (κ2) is 14.1. The number of hydrogen-bond acceptors (Lipinski definition) is 21. The number of nitrogens with zero attached hydrogens (tertiary/aromatic N) is 27.